The lowest BCUT2D eigenvalue weighted by molar-refractivity contribution is -0.122. The van der Waals surface area contributed by atoms with E-state index in [1.54, 1.807) is 0 Å². The molecule has 0 saturated carbocycles. The molecule has 2 N–H and O–H groups in total. The second-order valence-corrected chi connectivity index (χ2v) is 4.90. The number of carbonyl (C=O) groups is 1. The van der Waals surface area contributed by atoms with E-state index < -0.39 is 0 Å². The molecule has 1 aromatic heterocycles. The van der Waals surface area contributed by atoms with E-state index in [4.69, 9.17) is 0 Å². The minimum absolute atomic E-state index is 0.0634. The predicted molar refractivity (Wildman–Crippen MR) is 70.2 cm³/mol. The fourth-order valence-corrected chi connectivity index (χ4v) is 2.58. The molecule has 1 heterocycles. The van der Waals surface area contributed by atoms with Crippen LogP contribution in [0.4, 0.5) is 0 Å². The van der Waals surface area contributed by atoms with Crippen LogP contribution in [0.5, 0.6) is 0 Å². The van der Waals surface area contributed by atoms with Crippen LogP contribution < -0.4 is 10.6 Å². The minimum atomic E-state index is -0.166. The molecule has 5 heteroatoms. The third-order valence-corrected chi connectivity index (χ3v) is 3.57. The number of hydrogen-bond donors (Lipinski definition) is 2. The van der Waals surface area contributed by atoms with Crippen LogP contribution in [0.15, 0.2) is 6.20 Å². The highest BCUT2D eigenvalue weighted by molar-refractivity contribution is 5.81. The van der Waals surface area contributed by atoms with E-state index in [0.29, 0.717) is 6.54 Å². The lowest BCUT2D eigenvalue weighted by Gasteiger charge is -2.26. The highest BCUT2D eigenvalue weighted by atomic mass is 16.2. The molecule has 2 rings (SSSR count). The molecule has 1 aromatic rings. The van der Waals surface area contributed by atoms with E-state index in [-0.39, 0.29) is 18.0 Å². The van der Waals surface area contributed by atoms with Gasteiger partial charge in [-0.25, -0.2) is 0 Å². The van der Waals surface area contributed by atoms with Gasteiger partial charge in [0.25, 0.3) is 0 Å². The Balaban J connectivity index is 2.05. The molecule has 0 aliphatic heterocycles. The molecule has 0 saturated heterocycles. The number of hydrogen-bond acceptors (Lipinski definition) is 3. The van der Waals surface area contributed by atoms with Crippen molar-refractivity contribution in [1.82, 2.24) is 20.4 Å². The summed E-state index contributed by atoms with van der Waals surface area (Å²) in [6.07, 6.45) is 5.23. The summed E-state index contributed by atoms with van der Waals surface area (Å²) in [6.45, 7) is 4.52. The maximum Gasteiger partial charge on any atom is 0.236 e. The van der Waals surface area contributed by atoms with Crippen molar-refractivity contribution in [2.75, 3.05) is 6.54 Å². The van der Waals surface area contributed by atoms with Gasteiger partial charge in [-0.15, -0.1) is 0 Å². The standard InChI is InChI=1S/C13H22N4O/c1-4-14-13(18)9(2)16-11-6-5-7-12-10(11)8-15-17(12)3/h8-9,11,16H,4-7H2,1-3H3,(H,14,18). The number of likely N-dealkylation sites (N-methyl/N-ethyl adjacent to an activating group) is 1. The first-order chi connectivity index (χ1) is 8.63. The first kappa shape index (κ1) is 13.1. The van der Waals surface area contributed by atoms with Gasteiger partial charge in [-0.1, -0.05) is 0 Å². The van der Waals surface area contributed by atoms with Crippen molar-refractivity contribution in [3.63, 3.8) is 0 Å². The highest BCUT2D eigenvalue weighted by Crippen LogP contribution is 2.29. The number of fused-ring (bicyclic) bond motifs is 1. The van der Waals surface area contributed by atoms with E-state index in [1.165, 1.54) is 11.3 Å². The van der Waals surface area contributed by atoms with E-state index in [9.17, 15) is 4.79 Å². The van der Waals surface area contributed by atoms with Gasteiger partial charge < -0.3 is 5.32 Å². The number of nitrogens with zero attached hydrogens (tertiary/aromatic N) is 2. The number of aromatic nitrogens is 2. The monoisotopic (exact) mass is 250 g/mol. The van der Waals surface area contributed by atoms with Crippen LogP contribution in [0.25, 0.3) is 0 Å². The Labute approximate surface area is 108 Å². The number of carbonyl (C=O) groups excluding carboxylic acids is 1. The Hall–Kier alpha value is -1.36. The summed E-state index contributed by atoms with van der Waals surface area (Å²) in [5, 5.41) is 10.6. The molecule has 2 unspecified atom stereocenters. The Morgan fingerprint density at radius 3 is 3.17 bits per heavy atom. The Bertz CT molecular complexity index is 427. The van der Waals surface area contributed by atoms with Crippen LogP contribution in [0, 0.1) is 0 Å². The van der Waals surface area contributed by atoms with Crippen LogP contribution in [0.2, 0.25) is 0 Å². The molecular weight excluding hydrogens is 228 g/mol. The number of rotatable bonds is 4. The number of nitrogens with one attached hydrogen (secondary N) is 2. The molecule has 1 aliphatic rings. The fourth-order valence-electron chi connectivity index (χ4n) is 2.58. The molecular formula is C13H22N4O. The zero-order chi connectivity index (χ0) is 13.1. The zero-order valence-corrected chi connectivity index (χ0v) is 11.4. The van der Waals surface area contributed by atoms with Crippen molar-refractivity contribution >= 4 is 5.91 Å². The summed E-state index contributed by atoms with van der Waals surface area (Å²) < 4.78 is 1.94. The van der Waals surface area contributed by atoms with Crippen molar-refractivity contribution in [2.45, 2.75) is 45.2 Å². The summed E-state index contributed by atoms with van der Waals surface area (Å²) in [6, 6.07) is 0.0844. The molecule has 1 amide bonds. The minimum Gasteiger partial charge on any atom is -0.355 e. The van der Waals surface area contributed by atoms with Crippen LogP contribution in [-0.4, -0.2) is 28.3 Å². The second kappa shape index (κ2) is 5.52. The first-order valence-corrected chi connectivity index (χ1v) is 6.68. The van der Waals surface area contributed by atoms with Gasteiger partial charge in [0.05, 0.1) is 12.2 Å². The molecule has 0 radical (unpaired) electrons. The van der Waals surface area contributed by atoms with Crippen LogP contribution in [-0.2, 0) is 18.3 Å². The van der Waals surface area contributed by atoms with Crippen LogP contribution in [0.1, 0.15) is 44.0 Å². The average Bonchev–Trinajstić information content (AvgIpc) is 2.73. The van der Waals surface area contributed by atoms with E-state index in [0.717, 1.165) is 19.3 Å². The first-order valence-electron chi connectivity index (χ1n) is 6.68. The van der Waals surface area contributed by atoms with Gasteiger partial charge >= 0.3 is 0 Å². The van der Waals surface area contributed by atoms with Gasteiger partial charge in [0.15, 0.2) is 0 Å². The quantitative estimate of drug-likeness (QED) is 0.835. The molecule has 100 valence electrons. The zero-order valence-electron chi connectivity index (χ0n) is 11.4. The van der Waals surface area contributed by atoms with Crippen LogP contribution >= 0.6 is 0 Å². The molecule has 0 fully saturated rings. The van der Waals surface area contributed by atoms with Crippen molar-refractivity contribution < 1.29 is 4.79 Å². The second-order valence-electron chi connectivity index (χ2n) is 4.90. The maximum absolute atomic E-state index is 11.7. The molecule has 0 aromatic carbocycles. The molecule has 0 spiro atoms. The van der Waals surface area contributed by atoms with Crippen molar-refractivity contribution in [1.29, 1.82) is 0 Å². The lowest BCUT2D eigenvalue weighted by atomic mass is 9.92. The SMILES string of the molecule is CCNC(=O)C(C)NC1CCCc2c1cnn2C. The molecule has 18 heavy (non-hydrogen) atoms. The van der Waals surface area contributed by atoms with Gasteiger partial charge in [0, 0.05) is 30.9 Å². The molecule has 0 bridgehead atoms. The molecule has 5 nitrogen and oxygen atoms in total. The largest absolute Gasteiger partial charge is 0.355 e. The van der Waals surface area contributed by atoms with Gasteiger partial charge in [-0.05, 0) is 33.1 Å². The van der Waals surface area contributed by atoms with E-state index in [1.807, 2.05) is 31.8 Å². The lowest BCUT2D eigenvalue weighted by Crippen LogP contribution is -2.44. The van der Waals surface area contributed by atoms with Gasteiger partial charge in [0.2, 0.25) is 5.91 Å². The highest BCUT2D eigenvalue weighted by Gasteiger charge is 2.25. The third kappa shape index (κ3) is 2.56. The van der Waals surface area contributed by atoms with Crippen molar-refractivity contribution in [3.8, 4) is 0 Å². The summed E-state index contributed by atoms with van der Waals surface area (Å²) in [7, 11) is 1.98. The summed E-state index contributed by atoms with van der Waals surface area (Å²) >= 11 is 0. The normalized spacial score (nSPS) is 20.3. The summed E-state index contributed by atoms with van der Waals surface area (Å²) in [5.41, 5.74) is 2.54. The van der Waals surface area contributed by atoms with E-state index >= 15 is 0 Å². The summed E-state index contributed by atoms with van der Waals surface area (Å²) in [4.78, 5) is 11.7. The Morgan fingerprint density at radius 1 is 1.67 bits per heavy atom. The molecule has 1 aliphatic carbocycles. The average molecular weight is 250 g/mol. The topological polar surface area (TPSA) is 59.0 Å². The number of aryl methyl sites for hydroxylation is 1. The Morgan fingerprint density at radius 2 is 2.44 bits per heavy atom. The van der Waals surface area contributed by atoms with E-state index in [2.05, 4.69) is 15.7 Å². The Kier molecular flexibility index (Phi) is 4.01. The van der Waals surface area contributed by atoms with Gasteiger partial charge in [-0.3, -0.25) is 14.8 Å². The summed E-state index contributed by atoms with van der Waals surface area (Å²) in [5.74, 6) is 0.0634. The maximum atomic E-state index is 11.7. The van der Waals surface area contributed by atoms with Gasteiger partial charge in [0.1, 0.15) is 0 Å². The fraction of sp³-hybridized carbons (Fsp3) is 0.692. The van der Waals surface area contributed by atoms with Crippen LogP contribution in [0.3, 0.4) is 0 Å². The predicted octanol–water partition coefficient (Wildman–Crippen LogP) is 0.912. The smallest absolute Gasteiger partial charge is 0.236 e. The van der Waals surface area contributed by atoms with Crippen molar-refractivity contribution in [3.05, 3.63) is 17.5 Å². The third-order valence-electron chi connectivity index (χ3n) is 3.57. The molecule has 2 atom stereocenters. The van der Waals surface area contributed by atoms with Gasteiger partial charge in [-0.2, -0.15) is 5.10 Å². The van der Waals surface area contributed by atoms with Crippen molar-refractivity contribution in [2.24, 2.45) is 7.05 Å². The number of amides is 1.